The number of nitrogens with one attached hydrogen (secondary N) is 1. The topological polar surface area (TPSA) is 52.7 Å². The van der Waals surface area contributed by atoms with Crippen LogP contribution in [0.2, 0.25) is 5.02 Å². The molecule has 2 saturated heterocycles. The number of benzene rings is 1. The van der Waals surface area contributed by atoms with Gasteiger partial charge < -0.3 is 5.32 Å². The van der Waals surface area contributed by atoms with Crippen LogP contribution >= 0.6 is 11.6 Å². The van der Waals surface area contributed by atoms with Gasteiger partial charge in [-0.3, -0.25) is 4.90 Å². The number of nitrogens with zero attached hydrogens (tertiary/aromatic N) is 2. The maximum absolute atomic E-state index is 12.6. The summed E-state index contributed by atoms with van der Waals surface area (Å²) in [4.78, 5) is 2.58. The van der Waals surface area contributed by atoms with Gasteiger partial charge in [0.05, 0.1) is 5.02 Å². The Labute approximate surface area is 130 Å². The van der Waals surface area contributed by atoms with E-state index in [4.69, 9.17) is 11.6 Å². The average Bonchev–Trinajstić information content (AvgIpc) is 2.37. The van der Waals surface area contributed by atoms with Crippen LogP contribution in [0, 0.1) is 6.92 Å². The van der Waals surface area contributed by atoms with Crippen molar-refractivity contribution < 1.29 is 8.42 Å². The number of hydrogen-bond acceptors (Lipinski definition) is 4. The van der Waals surface area contributed by atoms with Crippen LogP contribution < -0.4 is 5.32 Å². The van der Waals surface area contributed by atoms with E-state index >= 15 is 0 Å². The molecule has 0 aromatic heterocycles. The Morgan fingerprint density at radius 1 is 1.24 bits per heavy atom. The fourth-order valence-corrected chi connectivity index (χ4v) is 4.93. The third-order valence-corrected chi connectivity index (χ3v) is 6.52. The third-order valence-electron chi connectivity index (χ3n) is 4.20. The summed E-state index contributed by atoms with van der Waals surface area (Å²) in [6, 6.07) is 5.42. The van der Waals surface area contributed by atoms with Crippen molar-refractivity contribution in [1.82, 2.24) is 14.5 Å². The van der Waals surface area contributed by atoms with E-state index in [0.29, 0.717) is 24.2 Å². The van der Waals surface area contributed by atoms with E-state index in [1.807, 2.05) is 6.92 Å². The van der Waals surface area contributed by atoms with E-state index in [0.717, 1.165) is 31.7 Å². The lowest BCUT2D eigenvalue weighted by Crippen LogP contribution is -2.63. The summed E-state index contributed by atoms with van der Waals surface area (Å²) >= 11 is 6.10. The van der Waals surface area contributed by atoms with Crippen molar-refractivity contribution in [2.75, 3.05) is 39.3 Å². The van der Waals surface area contributed by atoms with E-state index in [-0.39, 0.29) is 4.90 Å². The highest BCUT2D eigenvalue weighted by molar-refractivity contribution is 7.89. The molecule has 7 heteroatoms. The first kappa shape index (κ1) is 15.2. The van der Waals surface area contributed by atoms with Crippen LogP contribution in [0.1, 0.15) is 5.56 Å². The Hall–Kier alpha value is -0.660. The molecule has 5 nitrogen and oxygen atoms in total. The first-order valence-electron chi connectivity index (χ1n) is 7.19. The molecule has 0 aliphatic carbocycles. The first-order valence-corrected chi connectivity index (χ1v) is 9.01. The highest BCUT2D eigenvalue weighted by atomic mass is 35.5. The summed E-state index contributed by atoms with van der Waals surface area (Å²) < 4.78 is 26.7. The molecule has 0 radical (unpaired) electrons. The van der Waals surface area contributed by atoms with Crippen molar-refractivity contribution in [3.8, 4) is 0 Å². The zero-order chi connectivity index (χ0) is 15.0. The molecular formula is C14H20ClN3O2S. The van der Waals surface area contributed by atoms with Gasteiger partial charge in [0.25, 0.3) is 0 Å². The number of piperazine rings is 1. The van der Waals surface area contributed by atoms with Crippen LogP contribution in [0.15, 0.2) is 23.1 Å². The first-order chi connectivity index (χ1) is 9.98. The van der Waals surface area contributed by atoms with Crippen LogP contribution in [0.25, 0.3) is 0 Å². The molecule has 1 aromatic rings. The Bertz CT molecular complexity index is 623. The van der Waals surface area contributed by atoms with Crippen molar-refractivity contribution in [3.05, 3.63) is 28.8 Å². The lowest BCUT2D eigenvalue weighted by molar-refractivity contribution is 0.0773. The maximum Gasteiger partial charge on any atom is 0.244 e. The van der Waals surface area contributed by atoms with Crippen LogP contribution in [0.5, 0.6) is 0 Å². The minimum absolute atomic E-state index is 0.216. The van der Waals surface area contributed by atoms with Gasteiger partial charge in [-0.05, 0) is 24.6 Å². The zero-order valence-corrected chi connectivity index (χ0v) is 13.6. The van der Waals surface area contributed by atoms with Crippen LogP contribution in [-0.2, 0) is 10.0 Å². The molecule has 2 aliphatic heterocycles. The Balaban J connectivity index is 1.70. The van der Waals surface area contributed by atoms with Crippen LogP contribution in [-0.4, -0.2) is 62.9 Å². The van der Waals surface area contributed by atoms with Gasteiger partial charge in [0, 0.05) is 45.3 Å². The molecule has 2 fully saturated rings. The normalized spacial score (nSPS) is 22.2. The summed E-state index contributed by atoms with van der Waals surface area (Å²) in [5.41, 5.74) is 0.959. The third kappa shape index (κ3) is 2.96. The van der Waals surface area contributed by atoms with Gasteiger partial charge >= 0.3 is 0 Å². The quantitative estimate of drug-likeness (QED) is 0.896. The maximum atomic E-state index is 12.6. The number of sulfonamides is 1. The SMILES string of the molecule is Cc1ccc(S(=O)(=O)N2CC(N3CCNCC3)C2)c(Cl)c1. The van der Waals surface area contributed by atoms with Gasteiger partial charge in [-0.25, -0.2) is 8.42 Å². The van der Waals surface area contributed by atoms with E-state index < -0.39 is 10.0 Å². The fraction of sp³-hybridized carbons (Fsp3) is 0.571. The number of aryl methyl sites for hydroxylation is 1. The Morgan fingerprint density at radius 3 is 2.52 bits per heavy atom. The Kier molecular flexibility index (Phi) is 4.25. The molecule has 116 valence electrons. The highest BCUT2D eigenvalue weighted by Gasteiger charge is 2.40. The average molecular weight is 330 g/mol. The molecule has 1 N–H and O–H groups in total. The molecule has 0 atom stereocenters. The van der Waals surface area contributed by atoms with Gasteiger partial charge in [0.1, 0.15) is 4.90 Å². The minimum Gasteiger partial charge on any atom is -0.314 e. The molecule has 0 unspecified atom stereocenters. The Morgan fingerprint density at radius 2 is 1.90 bits per heavy atom. The van der Waals surface area contributed by atoms with E-state index in [2.05, 4.69) is 10.2 Å². The predicted molar refractivity (Wildman–Crippen MR) is 83.2 cm³/mol. The molecule has 0 bridgehead atoms. The van der Waals surface area contributed by atoms with E-state index in [9.17, 15) is 8.42 Å². The second-order valence-electron chi connectivity index (χ2n) is 5.70. The van der Waals surface area contributed by atoms with Crippen LogP contribution in [0.3, 0.4) is 0 Å². The van der Waals surface area contributed by atoms with Gasteiger partial charge in [-0.15, -0.1) is 0 Å². The summed E-state index contributed by atoms with van der Waals surface area (Å²) in [5.74, 6) is 0. The minimum atomic E-state index is -3.46. The van der Waals surface area contributed by atoms with Gasteiger partial charge in [0.15, 0.2) is 0 Å². The largest absolute Gasteiger partial charge is 0.314 e. The molecule has 2 heterocycles. The standard InChI is InChI=1S/C14H20ClN3O2S/c1-11-2-3-14(13(15)8-11)21(19,20)18-9-12(10-18)17-6-4-16-5-7-17/h2-3,8,12,16H,4-7,9-10H2,1H3. The molecule has 2 aliphatic rings. The highest BCUT2D eigenvalue weighted by Crippen LogP contribution is 2.29. The lowest BCUT2D eigenvalue weighted by Gasteiger charge is -2.45. The summed E-state index contributed by atoms with van der Waals surface area (Å²) in [6.07, 6.45) is 0. The van der Waals surface area contributed by atoms with E-state index in [1.165, 1.54) is 4.31 Å². The van der Waals surface area contributed by atoms with Crippen molar-refractivity contribution >= 4 is 21.6 Å². The molecule has 21 heavy (non-hydrogen) atoms. The summed E-state index contributed by atoms with van der Waals surface area (Å²) in [6.45, 7) is 6.96. The zero-order valence-electron chi connectivity index (χ0n) is 12.0. The van der Waals surface area contributed by atoms with Gasteiger partial charge in [-0.1, -0.05) is 17.7 Å². The molecule has 0 spiro atoms. The monoisotopic (exact) mass is 329 g/mol. The van der Waals surface area contributed by atoms with Crippen molar-refractivity contribution in [2.45, 2.75) is 17.9 Å². The van der Waals surface area contributed by atoms with E-state index in [1.54, 1.807) is 18.2 Å². The van der Waals surface area contributed by atoms with Crippen molar-refractivity contribution in [2.24, 2.45) is 0 Å². The smallest absolute Gasteiger partial charge is 0.244 e. The second-order valence-corrected chi connectivity index (χ2v) is 8.01. The second kappa shape index (κ2) is 5.85. The van der Waals surface area contributed by atoms with Gasteiger partial charge in [0.2, 0.25) is 10.0 Å². The fourth-order valence-electron chi connectivity index (χ4n) is 2.85. The molecule has 1 aromatic carbocycles. The van der Waals surface area contributed by atoms with Gasteiger partial charge in [-0.2, -0.15) is 4.31 Å². The molecule has 3 rings (SSSR count). The molecule has 0 saturated carbocycles. The number of halogens is 1. The van der Waals surface area contributed by atoms with Crippen LogP contribution in [0.4, 0.5) is 0 Å². The molecular weight excluding hydrogens is 310 g/mol. The summed E-state index contributed by atoms with van der Waals surface area (Å²) in [5, 5.41) is 3.61. The number of rotatable bonds is 3. The summed E-state index contributed by atoms with van der Waals surface area (Å²) in [7, 11) is -3.46. The lowest BCUT2D eigenvalue weighted by atomic mass is 10.1. The van der Waals surface area contributed by atoms with Crippen molar-refractivity contribution in [3.63, 3.8) is 0 Å². The molecule has 0 amide bonds. The predicted octanol–water partition coefficient (Wildman–Crippen LogP) is 0.927. The number of hydrogen-bond donors (Lipinski definition) is 1. The van der Waals surface area contributed by atoms with Crippen molar-refractivity contribution in [1.29, 1.82) is 0 Å².